The minimum Gasteiger partial charge on any atom is -0.444 e. The van der Waals surface area contributed by atoms with Crippen LogP contribution in [0.3, 0.4) is 0 Å². The maximum atomic E-state index is 14.7. The van der Waals surface area contributed by atoms with Crippen LogP contribution in [0.2, 0.25) is 0 Å². The van der Waals surface area contributed by atoms with Gasteiger partial charge in [0.2, 0.25) is 20.0 Å². The number of amides is 1. The number of hydrogen-bond acceptors (Lipinski definition) is 8. The average molecular weight is 712 g/mol. The van der Waals surface area contributed by atoms with Crippen LogP contribution < -0.4 is 0 Å². The molecule has 0 unspecified atom stereocenters. The molecule has 0 spiro atoms. The average Bonchev–Trinajstić information content (AvgIpc) is 3.54. The summed E-state index contributed by atoms with van der Waals surface area (Å²) in [6.07, 6.45) is -0.712. The van der Waals surface area contributed by atoms with Crippen molar-refractivity contribution in [2.24, 2.45) is 0 Å². The number of carbonyl (C=O) groups excluding carboxylic acids is 1. The van der Waals surface area contributed by atoms with E-state index in [0.29, 0.717) is 11.1 Å². The van der Waals surface area contributed by atoms with E-state index in [1.54, 1.807) is 81.4 Å². The topological polar surface area (TPSA) is 152 Å². The highest BCUT2D eigenvalue weighted by Gasteiger charge is 2.49. The van der Waals surface area contributed by atoms with Gasteiger partial charge in [-0.2, -0.15) is 19.1 Å². The van der Waals surface area contributed by atoms with Crippen LogP contribution in [0.15, 0.2) is 119 Å². The van der Waals surface area contributed by atoms with Gasteiger partial charge in [-0.25, -0.2) is 21.6 Å². The minimum atomic E-state index is -4.36. The smallest absolute Gasteiger partial charge is 0.410 e. The van der Waals surface area contributed by atoms with Crippen LogP contribution in [0.5, 0.6) is 0 Å². The third-order valence-corrected chi connectivity index (χ3v) is 12.0. The summed E-state index contributed by atoms with van der Waals surface area (Å²) in [7, 11) is -8.73. The Hall–Kier alpha value is -5.05. The molecule has 13 heteroatoms. The maximum Gasteiger partial charge on any atom is 0.410 e. The number of sulfonamides is 2. The Bertz CT molecular complexity index is 1970. The zero-order chi connectivity index (χ0) is 36.1. The Morgan fingerprint density at radius 1 is 0.680 bits per heavy atom. The monoisotopic (exact) mass is 711 g/mol. The highest BCUT2D eigenvalue weighted by Crippen LogP contribution is 2.34. The summed E-state index contributed by atoms with van der Waals surface area (Å²) >= 11 is 0. The first kappa shape index (κ1) is 36.2. The van der Waals surface area contributed by atoms with Crippen LogP contribution in [0.1, 0.15) is 43.0 Å². The number of nitrogens with zero attached hydrogens (tertiary/aromatic N) is 5. The Morgan fingerprint density at radius 3 is 1.36 bits per heavy atom. The fourth-order valence-corrected chi connectivity index (χ4v) is 9.04. The molecule has 5 rings (SSSR count). The standard InChI is InChI=1S/C37H37N5O6S2/c1-37(2,3)48-36(43)40-26-34(41(24-30-10-6-4-7-11-30)49(44,45)32-18-14-28(22-38)15-19-32)35(27-40)42(25-31-12-8-5-9-13-31)50(46,47)33-20-16-29(23-39)17-21-33/h4-21,34-35H,24-27H2,1-3H3/t34-,35-/m0/s1. The summed E-state index contributed by atoms with van der Waals surface area (Å²) < 4.78 is 66.8. The summed E-state index contributed by atoms with van der Waals surface area (Å²) in [5.41, 5.74) is 0.959. The van der Waals surface area contributed by atoms with Crippen molar-refractivity contribution < 1.29 is 26.4 Å². The van der Waals surface area contributed by atoms with Gasteiger partial charge in [0.05, 0.1) is 45.1 Å². The predicted octanol–water partition coefficient (Wildman–Crippen LogP) is 5.50. The Morgan fingerprint density at radius 2 is 1.04 bits per heavy atom. The van der Waals surface area contributed by atoms with E-state index in [9.17, 15) is 32.2 Å². The van der Waals surface area contributed by atoms with E-state index in [1.165, 1.54) is 62.0 Å². The van der Waals surface area contributed by atoms with Crippen LogP contribution in [-0.2, 0) is 37.9 Å². The quantitative estimate of drug-likeness (QED) is 0.209. The molecule has 2 atom stereocenters. The van der Waals surface area contributed by atoms with Gasteiger partial charge in [0.1, 0.15) is 5.60 Å². The minimum absolute atomic E-state index is 0.0912. The van der Waals surface area contributed by atoms with Crippen molar-refractivity contribution in [2.45, 2.75) is 61.3 Å². The van der Waals surface area contributed by atoms with Gasteiger partial charge in [0.15, 0.2) is 0 Å². The van der Waals surface area contributed by atoms with Crippen LogP contribution >= 0.6 is 0 Å². The van der Waals surface area contributed by atoms with Crippen molar-refractivity contribution in [3.63, 3.8) is 0 Å². The van der Waals surface area contributed by atoms with Crippen LogP contribution in [0.25, 0.3) is 0 Å². The lowest BCUT2D eigenvalue weighted by atomic mass is 10.1. The molecule has 1 aliphatic heterocycles. The van der Waals surface area contributed by atoms with Gasteiger partial charge in [-0.3, -0.25) is 0 Å². The summed E-state index contributed by atoms with van der Waals surface area (Å²) in [5.74, 6) is 0. The van der Waals surface area contributed by atoms with Gasteiger partial charge >= 0.3 is 6.09 Å². The van der Waals surface area contributed by atoms with Crippen molar-refractivity contribution in [1.82, 2.24) is 13.5 Å². The van der Waals surface area contributed by atoms with Gasteiger partial charge in [-0.1, -0.05) is 60.7 Å². The van der Waals surface area contributed by atoms with Gasteiger partial charge in [0.25, 0.3) is 0 Å². The molecular weight excluding hydrogens is 675 g/mol. The molecule has 1 aliphatic rings. The highest BCUT2D eigenvalue weighted by atomic mass is 32.2. The SMILES string of the molecule is CC(C)(C)OC(=O)N1C[C@H](N(Cc2ccccc2)S(=O)(=O)c2ccc(C#N)cc2)[C@@H](N(Cc2ccccc2)S(=O)(=O)c2ccc(C#N)cc2)C1. The summed E-state index contributed by atoms with van der Waals surface area (Å²) in [6, 6.07) is 30.6. The Balaban J connectivity index is 1.70. The largest absolute Gasteiger partial charge is 0.444 e. The number of likely N-dealkylation sites (tertiary alicyclic amines) is 1. The number of carbonyl (C=O) groups is 1. The molecule has 0 bridgehead atoms. The molecule has 0 aromatic heterocycles. The second-order valence-corrected chi connectivity index (χ2v) is 16.6. The van der Waals surface area contributed by atoms with Crippen molar-refractivity contribution >= 4 is 26.1 Å². The predicted molar refractivity (Wildman–Crippen MR) is 186 cm³/mol. The van der Waals surface area contributed by atoms with Crippen molar-refractivity contribution in [2.75, 3.05) is 13.1 Å². The molecule has 0 N–H and O–H groups in total. The molecule has 0 saturated carbocycles. The maximum absolute atomic E-state index is 14.7. The van der Waals surface area contributed by atoms with Crippen molar-refractivity contribution in [1.29, 1.82) is 10.5 Å². The number of hydrogen-bond donors (Lipinski definition) is 0. The zero-order valence-corrected chi connectivity index (χ0v) is 29.5. The fraction of sp³-hybridized carbons (Fsp3) is 0.270. The van der Waals surface area contributed by atoms with Gasteiger partial charge in [-0.15, -0.1) is 0 Å². The molecule has 0 aliphatic carbocycles. The molecule has 50 heavy (non-hydrogen) atoms. The third kappa shape index (κ3) is 8.21. The lowest BCUT2D eigenvalue weighted by Crippen LogP contribution is -2.54. The van der Waals surface area contributed by atoms with E-state index >= 15 is 0 Å². The second-order valence-electron chi connectivity index (χ2n) is 12.9. The first-order valence-corrected chi connectivity index (χ1v) is 18.7. The van der Waals surface area contributed by atoms with E-state index in [0.717, 1.165) is 0 Å². The van der Waals surface area contributed by atoms with E-state index < -0.39 is 43.8 Å². The van der Waals surface area contributed by atoms with E-state index in [1.807, 2.05) is 12.1 Å². The molecule has 1 fully saturated rings. The normalized spacial score (nSPS) is 16.6. The van der Waals surface area contributed by atoms with Crippen molar-refractivity contribution in [3.05, 3.63) is 131 Å². The first-order valence-electron chi connectivity index (χ1n) is 15.8. The molecule has 4 aromatic carbocycles. The number of nitriles is 2. The van der Waals surface area contributed by atoms with Gasteiger partial charge in [0, 0.05) is 26.2 Å². The Kier molecular flexibility index (Phi) is 10.7. The van der Waals surface area contributed by atoms with Gasteiger partial charge < -0.3 is 9.64 Å². The second kappa shape index (κ2) is 14.8. The molecule has 4 aromatic rings. The lowest BCUT2D eigenvalue weighted by Gasteiger charge is -2.36. The Labute approximate surface area is 293 Å². The molecule has 1 amide bonds. The lowest BCUT2D eigenvalue weighted by molar-refractivity contribution is 0.0281. The highest BCUT2D eigenvalue weighted by molar-refractivity contribution is 7.89. The molecule has 11 nitrogen and oxygen atoms in total. The number of rotatable bonds is 10. The fourth-order valence-electron chi connectivity index (χ4n) is 5.77. The van der Waals surface area contributed by atoms with Crippen LogP contribution in [0, 0.1) is 22.7 Å². The molecule has 1 heterocycles. The van der Waals surface area contributed by atoms with Crippen LogP contribution in [-0.4, -0.2) is 67.2 Å². The van der Waals surface area contributed by atoms with E-state index in [4.69, 9.17) is 4.74 Å². The molecule has 258 valence electrons. The summed E-state index contributed by atoms with van der Waals surface area (Å²) in [5, 5.41) is 18.7. The molecular formula is C37H37N5O6S2. The van der Waals surface area contributed by atoms with Crippen LogP contribution in [0.4, 0.5) is 4.79 Å². The van der Waals surface area contributed by atoms with Crippen molar-refractivity contribution in [3.8, 4) is 12.1 Å². The van der Waals surface area contributed by atoms with Gasteiger partial charge in [-0.05, 0) is 80.4 Å². The first-order chi connectivity index (χ1) is 23.7. The van der Waals surface area contributed by atoms with E-state index in [2.05, 4.69) is 0 Å². The zero-order valence-electron chi connectivity index (χ0n) is 27.9. The third-order valence-electron chi connectivity index (χ3n) is 8.19. The summed E-state index contributed by atoms with van der Waals surface area (Å²) in [6.45, 7) is 4.52. The molecule has 0 radical (unpaired) electrons. The number of benzene rings is 4. The number of ether oxygens (including phenoxy) is 1. The summed E-state index contributed by atoms with van der Waals surface area (Å²) in [4.78, 5) is 14.8. The van der Waals surface area contributed by atoms with E-state index in [-0.39, 0.29) is 47.1 Å². The molecule has 1 saturated heterocycles.